The number of carbonyl (C=O) groups excluding carboxylic acids is 1. The molecular formula is C10H16N4OS. The molecule has 2 N–H and O–H groups in total. The summed E-state index contributed by atoms with van der Waals surface area (Å²) in [4.78, 5) is 17.8. The van der Waals surface area contributed by atoms with Gasteiger partial charge in [-0.3, -0.25) is 4.79 Å². The molecule has 1 aromatic heterocycles. The maximum atomic E-state index is 11.8. The Bertz CT molecular complexity index is 401. The zero-order valence-electron chi connectivity index (χ0n) is 9.67. The molecule has 6 heteroatoms. The summed E-state index contributed by atoms with van der Waals surface area (Å²) >= 11 is 4.80. The normalized spacial score (nSPS) is 12.2. The summed E-state index contributed by atoms with van der Waals surface area (Å²) in [5.74, 6) is 0.307. The molecule has 0 aliphatic heterocycles. The van der Waals surface area contributed by atoms with E-state index in [2.05, 4.69) is 4.98 Å². The summed E-state index contributed by atoms with van der Waals surface area (Å²) in [6.45, 7) is 2.16. The minimum Gasteiger partial charge on any atom is -0.393 e. The number of hydrogen-bond acceptors (Lipinski definition) is 3. The van der Waals surface area contributed by atoms with Gasteiger partial charge in [-0.1, -0.05) is 12.2 Å². The molecule has 1 heterocycles. The molecule has 0 saturated carbocycles. The highest BCUT2D eigenvalue weighted by molar-refractivity contribution is 7.80. The first-order valence-electron chi connectivity index (χ1n) is 4.94. The number of carbonyl (C=O) groups is 1. The summed E-state index contributed by atoms with van der Waals surface area (Å²) in [5, 5.41) is 0. The van der Waals surface area contributed by atoms with Gasteiger partial charge in [0.25, 0.3) is 0 Å². The van der Waals surface area contributed by atoms with Crippen LogP contribution in [0.5, 0.6) is 0 Å². The van der Waals surface area contributed by atoms with Crippen LogP contribution in [0.25, 0.3) is 0 Å². The molecule has 0 spiro atoms. The molecule has 1 aromatic rings. The van der Waals surface area contributed by atoms with Gasteiger partial charge in [0.2, 0.25) is 5.91 Å². The third-order valence-corrected chi connectivity index (χ3v) is 2.83. The first kappa shape index (κ1) is 12.6. The van der Waals surface area contributed by atoms with Crippen LogP contribution in [-0.2, 0) is 18.4 Å². The lowest BCUT2D eigenvalue weighted by Crippen LogP contribution is -2.37. The van der Waals surface area contributed by atoms with Gasteiger partial charge in [-0.15, -0.1) is 0 Å². The molecule has 1 atom stereocenters. The molecule has 0 radical (unpaired) electrons. The highest BCUT2D eigenvalue weighted by Crippen LogP contribution is 2.05. The number of nitrogens with zero attached hydrogens (tertiary/aromatic N) is 3. The Morgan fingerprint density at radius 3 is 2.81 bits per heavy atom. The first-order chi connectivity index (χ1) is 7.43. The van der Waals surface area contributed by atoms with Crippen molar-refractivity contribution in [2.45, 2.75) is 13.5 Å². The van der Waals surface area contributed by atoms with Gasteiger partial charge in [0.1, 0.15) is 5.82 Å². The van der Waals surface area contributed by atoms with Crippen molar-refractivity contribution < 1.29 is 4.79 Å². The number of aromatic nitrogens is 2. The van der Waals surface area contributed by atoms with Gasteiger partial charge < -0.3 is 15.2 Å². The van der Waals surface area contributed by atoms with Gasteiger partial charge in [-0.05, 0) is 6.92 Å². The van der Waals surface area contributed by atoms with E-state index in [1.54, 1.807) is 25.1 Å². The Kier molecular flexibility index (Phi) is 4.00. The van der Waals surface area contributed by atoms with E-state index >= 15 is 0 Å². The Morgan fingerprint density at radius 2 is 2.38 bits per heavy atom. The molecule has 88 valence electrons. The predicted octanol–water partition coefficient (Wildman–Crippen LogP) is 0.301. The lowest BCUT2D eigenvalue weighted by Gasteiger charge is -2.20. The fraction of sp³-hybridized carbons (Fsp3) is 0.500. The maximum absolute atomic E-state index is 11.8. The van der Waals surface area contributed by atoms with Crippen molar-refractivity contribution in [1.82, 2.24) is 14.5 Å². The summed E-state index contributed by atoms with van der Waals surface area (Å²) in [7, 11) is 3.60. The Labute approximate surface area is 100 Å². The average Bonchev–Trinajstić information content (AvgIpc) is 2.62. The van der Waals surface area contributed by atoms with Crippen molar-refractivity contribution in [3.05, 3.63) is 18.2 Å². The van der Waals surface area contributed by atoms with Crippen LogP contribution in [0.15, 0.2) is 12.4 Å². The van der Waals surface area contributed by atoms with Gasteiger partial charge in [0, 0.05) is 26.5 Å². The van der Waals surface area contributed by atoms with Crippen LogP contribution in [0, 0.1) is 5.92 Å². The zero-order chi connectivity index (χ0) is 12.3. The van der Waals surface area contributed by atoms with Gasteiger partial charge in [-0.25, -0.2) is 4.98 Å². The lowest BCUT2D eigenvalue weighted by molar-refractivity contribution is -0.132. The second-order valence-electron chi connectivity index (χ2n) is 3.77. The molecule has 0 fully saturated rings. The molecule has 1 rings (SSSR count). The number of hydrogen-bond donors (Lipinski definition) is 1. The van der Waals surface area contributed by atoms with Gasteiger partial charge in [0.05, 0.1) is 17.5 Å². The third-order valence-electron chi connectivity index (χ3n) is 2.47. The minimum atomic E-state index is -0.430. The molecule has 1 amide bonds. The zero-order valence-corrected chi connectivity index (χ0v) is 10.5. The fourth-order valence-corrected chi connectivity index (χ4v) is 1.39. The molecule has 16 heavy (non-hydrogen) atoms. The summed E-state index contributed by atoms with van der Waals surface area (Å²) in [6, 6.07) is 0. The summed E-state index contributed by atoms with van der Waals surface area (Å²) in [5.41, 5.74) is 5.44. The van der Waals surface area contributed by atoms with Crippen molar-refractivity contribution in [1.29, 1.82) is 0 Å². The monoisotopic (exact) mass is 240 g/mol. The fourth-order valence-electron chi connectivity index (χ4n) is 1.29. The summed E-state index contributed by atoms with van der Waals surface area (Å²) in [6.07, 6.45) is 3.54. The van der Waals surface area contributed by atoms with Crippen molar-refractivity contribution in [3.63, 3.8) is 0 Å². The molecule has 1 unspecified atom stereocenters. The van der Waals surface area contributed by atoms with E-state index < -0.39 is 5.92 Å². The molecular weight excluding hydrogens is 224 g/mol. The van der Waals surface area contributed by atoms with Crippen LogP contribution in [0.3, 0.4) is 0 Å². The van der Waals surface area contributed by atoms with E-state index in [-0.39, 0.29) is 10.9 Å². The van der Waals surface area contributed by atoms with Crippen LogP contribution in [0.4, 0.5) is 0 Å². The SMILES string of the molecule is CC(C(=O)N(C)Cc1nccn1C)C(N)=S. The van der Waals surface area contributed by atoms with Crippen molar-refractivity contribution in [2.24, 2.45) is 18.7 Å². The topological polar surface area (TPSA) is 64.2 Å². The highest BCUT2D eigenvalue weighted by Gasteiger charge is 2.20. The van der Waals surface area contributed by atoms with Crippen molar-refractivity contribution >= 4 is 23.1 Å². The van der Waals surface area contributed by atoms with Crippen LogP contribution in [0.1, 0.15) is 12.7 Å². The van der Waals surface area contributed by atoms with E-state index in [4.69, 9.17) is 18.0 Å². The van der Waals surface area contributed by atoms with Crippen LogP contribution in [0.2, 0.25) is 0 Å². The molecule has 0 aromatic carbocycles. The standard InChI is InChI=1S/C10H16N4OS/c1-7(9(11)16)10(15)14(3)6-8-12-4-5-13(8)2/h4-5,7H,6H2,1-3H3,(H2,11,16). The van der Waals surface area contributed by atoms with Crippen molar-refractivity contribution in [3.8, 4) is 0 Å². The molecule has 0 aliphatic rings. The maximum Gasteiger partial charge on any atom is 0.232 e. The second kappa shape index (κ2) is 5.07. The van der Waals surface area contributed by atoms with E-state index in [1.807, 2.05) is 17.8 Å². The minimum absolute atomic E-state index is 0.0875. The Balaban J connectivity index is 2.66. The van der Waals surface area contributed by atoms with Crippen LogP contribution < -0.4 is 5.73 Å². The van der Waals surface area contributed by atoms with Gasteiger partial charge >= 0.3 is 0 Å². The smallest absolute Gasteiger partial charge is 0.232 e. The number of rotatable bonds is 4. The first-order valence-corrected chi connectivity index (χ1v) is 5.34. The summed E-state index contributed by atoms with van der Waals surface area (Å²) < 4.78 is 1.87. The Hall–Kier alpha value is -1.43. The highest BCUT2D eigenvalue weighted by atomic mass is 32.1. The molecule has 0 bridgehead atoms. The largest absolute Gasteiger partial charge is 0.393 e. The number of aryl methyl sites for hydroxylation is 1. The lowest BCUT2D eigenvalue weighted by atomic mass is 10.1. The number of thiocarbonyl (C=S) groups is 1. The predicted molar refractivity (Wildman–Crippen MR) is 65.6 cm³/mol. The number of nitrogens with two attached hydrogens (primary N) is 1. The van der Waals surface area contributed by atoms with E-state index in [0.29, 0.717) is 6.54 Å². The average molecular weight is 240 g/mol. The van der Waals surface area contributed by atoms with Crippen molar-refractivity contribution in [2.75, 3.05) is 7.05 Å². The molecule has 0 saturated heterocycles. The molecule has 0 aliphatic carbocycles. The second-order valence-corrected chi connectivity index (χ2v) is 4.24. The Morgan fingerprint density at radius 1 is 1.75 bits per heavy atom. The van der Waals surface area contributed by atoms with Gasteiger partial charge in [-0.2, -0.15) is 0 Å². The van der Waals surface area contributed by atoms with Gasteiger partial charge in [0.15, 0.2) is 0 Å². The molecule has 5 nitrogen and oxygen atoms in total. The van der Waals surface area contributed by atoms with Crippen LogP contribution in [-0.4, -0.2) is 32.4 Å². The van der Waals surface area contributed by atoms with E-state index in [0.717, 1.165) is 5.82 Å². The number of imidazole rings is 1. The van der Waals surface area contributed by atoms with E-state index in [1.165, 1.54) is 0 Å². The quantitative estimate of drug-likeness (QED) is 0.769. The van der Waals surface area contributed by atoms with Crippen LogP contribution >= 0.6 is 12.2 Å². The number of amides is 1. The van der Waals surface area contributed by atoms with E-state index in [9.17, 15) is 4.79 Å². The third kappa shape index (κ3) is 2.79.